The monoisotopic (exact) mass is 290 g/mol. The van der Waals surface area contributed by atoms with Crippen molar-refractivity contribution in [1.82, 2.24) is 9.78 Å². The molecule has 0 aliphatic heterocycles. The van der Waals surface area contributed by atoms with E-state index in [1.807, 2.05) is 0 Å². The number of hydrogen-bond donors (Lipinski definition) is 2. The van der Waals surface area contributed by atoms with E-state index in [0.717, 1.165) is 6.20 Å². The lowest BCUT2D eigenvalue weighted by Gasteiger charge is -2.15. The van der Waals surface area contributed by atoms with Crippen molar-refractivity contribution in [2.75, 3.05) is 5.32 Å². The number of amides is 1. The summed E-state index contributed by atoms with van der Waals surface area (Å²) in [5.41, 5.74) is 0.277. The molecule has 0 bridgehead atoms. The number of phenols is 1. The van der Waals surface area contributed by atoms with Crippen LogP contribution in [0, 0.1) is 10.1 Å². The first kappa shape index (κ1) is 14.5. The summed E-state index contributed by atoms with van der Waals surface area (Å²) in [5, 5.41) is 26.5. The van der Waals surface area contributed by atoms with E-state index < -0.39 is 11.0 Å². The number of nitro groups is 1. The van der Waals surface area contributed by atoms with Gasteiger partial charge in [-0.05, 0) is 18.6 Å². The summed E-state index contributed by atoms with van der Waals surface area (Å²) >= 11 is 0. The smallest absolute Gasteiger partial charge is 0.307 e. The van der Waals surface area contributed by atoms with Crippen LogP contribution in [0.15, 0.2) is 36.7 Å². The van der Waals surface area contributed by atoms with Crippen molar-refractivity contribution in [3.63, 3.8) is 0 Å². The van der Waals surface area contributed by atoms with Crippen LogP contribution in [0.1, 0.15) is 19.4 Å². The number of nitrogens with one attached hydrogen (secondary N) is 1. The molecule has 1 amide bonds. The van der Waals surface area contributed by atoms with E-state index in [2.05, 4.69) is 10.4 Å². The summed E-state index contributed by atoms with van der Waals surface area (Å²) in [5.74, 6) is -0.323. The number of rotatable bonds is 5. The lowest BCUT2D eigenvalue weighted by atomic mass is 10.2. The number of carbonyl (C=O) groups excluding carboxylic acids is 1. The lowest BCUT2D eigenvalue weighted by Crippen LogP contribution is -2.25. The van der Waals surface area contributed by atoms with Gasteiger partial charge in [-0.15, -0.1) is 0 Å². The van der Waals surface area contributed by atoms with Gasteiger partial charge in [-0.25, -0.2) is 0 Å². The number of aromatic hydroxyl groups is 1. The number of carbonyl (C=O) groups is 1. The van der Waals surface area contributed by atoms with Crippen LogP contribution in [-0.4, -0.2) is 25.7 Å². The highest BCUT2D eigenvalue weighted by molar-refractivity contribution is 5.93. The molecule has 1 unspecified atom stereocenters. The molecule has 0 fully saturated rings. The Morgan fingerprint density at radius 3 is 2.90 bits per heavy atom. The molecule has 2 rings (SSSR count). The number of nitrogens with zero attached hydrogens (tertiary/aromatic N) is 3. The first-order valence-electron chi connectivity index (χ1n) is 6.29. The molecular formula is C13H14N4O4. The van der Waals surface area contributed by atoms with Crippen LogP contribution in [0.2, 0.25) is 0 Å². The van der Waals surface area contributed by atoms with Gasteiger partial charge in [0.25, 0.3) is 0 Å². The third kappa shape index (κ3) is 3.35. The minimum atomic E-state index is -0.666. The second-order valence-corrected chi connectivity index (χ2v) is 4.40. The topological polar surface area (TPSA) is 110 Å². The zero-order chi connectivity index (χ0) is 15.4. The number of phenolic OH excluding ortho intramolecular Hbond substituents is 1. The van der Waals surface area contributed by atoms with E-state index in [9.17, 15) is 20.0 Å². The Labute approximate surface area is 120 Å². The molecule has 0 aliphatic carbocycles. The van der Waals surface area contributed by atoms with Crippen molar-refractivity contribution >= 4 is 17.3 Å². The van der Waals surface area contributed by atoms with Gasteiger partial charge in [0, 0.05) is 11.8 Å². The average Bonchev–Trinajstić information content (AvgIpc) is 2.89. The minimum absolute atomic E-state index is 0.0376. The quantitative estimate of drug-likeness (QED) is 0.647. The molecular weight excluding hydrogens is 276 g/mol. The average molecular weight is 290 g/mol. The van der Waals surface area contributed by atoms with Gasteiger partial charge >= 0.3 is 5.69 Å². The van der Waals surface area contributed by atoms with Crippen LogP contribution in [0.25, 0.3) is 0 Å². The fourth-order valence-corrected chi connectivity index (χ4v) is 1.89. The molecule has 21 heavy (non-hydrogen) atoms. The standard InChI is InChI=1S/C13H14N4O4/c1-2-12(16-8-10(7-14-16)17(20)21)13(19)15-9-4-3-5-11(18)6-9/h3-8,12,18H,2H2,1H3,(H,15,19). The van der Waals surface area contributed by atoms with E-state index in [4.69, 9.17) is 0 Å². The molecule has 2 N–H and O–H groups in total. The normalized spacial score (nSPS) is 11.9. The van der Waals surface area contributed by atoms with E-state index in [0.29, 0.717) is 12.1 Å². The van der Waals surface area contributed by atoms with Gasteiger partial charge in [0.1, 0.15) is 24.2 Å². The van der Waals surface area contributed by atoms with Crippen molar-refractivity contribution in [1.29, 1.82) is 0 Å². The van der Waals surface area contributed by atoms with E-state index in [1.165, 1.54) is 23.0 Å². The first-order valence-corrected chi connectivity index (χ1v) is 6.29. The number of hydrogen-bond acceptors (Lipinski definition) is 5. The van der Waals surface area contributed by atoms with Crippen LogP contribution in [0.3, 0.4) is 0 Å². The zero-order valence-electron chi connectivity index (χ0n) is 11.3. The fourth-order valence-electron chi connectivity index (χ4n) is 1.89. The summed E-state index contributed by atoms with van der Waals surface area (Å²) in [6.45, 7) is 1.78. The van der Waals surface area contributed by atoms with Gasteiger partial charge in [-0.2, -0.15) is 5.10 Å². The van der Waals surface area contributed by atoms with Gasteiger partial charge in [0.2, 0.25) is 5.91 Å². The van der Waals surface area contributed by atoms with E-state index in [1.54, 1.807) is 19.1 Å². The number of anilines is 1. The highest BCUT2D eigenvalue weighted by Gasteiger charge is 2.22. The molecule has 1 heterocycles. The van der Waals surface area contributed by atoms with E-state index >= 15 is 0 Å². The second-order valence-electron chi connectivity index (χ2n) is 4.40. The van der Waals surface area contributed by atoms with Crippen molar-refractivity contribution in [3.05, 3.63) is 46.8 Å². The molecule has 2 aromatic rings. The van der Waals surface area contributed by atoms with Crippen molar-refractivity contribution < 1.29 is 14.8 Å². The van der Waals surface area contributed by atoms with Crippen LogP contribution < -0.4 is 5.32 Å². The molecule has 0 saturated heterocycles. The molecule has 8 heteroatoms. The molecule has 0 saturated carbocycles. The third-order valence-corrected chi connectivity index (χ3v) is 2.92. The van der Waals surface area contributed by atoms with Gasteiger partial charge in [-0.3, -0.25) is 19.6 Å². The van der Waals surface area contributed by atoms with Crippen molar-refractivity contribution in [2.45, 2.75) is 19.4 Å². The predicted molar refractivity (Wildman–Crippen MR) is 74.9 cm³/mol. The Kier molecular flexibility index (Phi) is 4.17. The summed E-state index contributed by atoms with van der Waals surface area (Å²) in [6, 6.07) is 5.47. The molecule has 8 nitrogen and oxygen atoms in total. The summed E-state index contributed by atoms with van der Waals surface area (Å²) in [6.07, 6.45) is 2.74. The zero-order valence-corrected chi connectivity index (χ0v) is 11.3. The predicted octanol–water partition coefficient (Wildman–Crippen LogP) is 2.09. The maximum absolute atomic E-state index is 12.2. The highest BCUT2D eigenvalue weighted by atomic mass is 16.6. The van der Waals surface area contributed by atoms with Crippen LogP contribution in [-0.2, 0) is 4.79 Å². The van der Waals surface area contributed by atoms with Gasteiger partial charge in [-0.1, -0.05) is 13.0 Å². The highest BCUT2D eigenvalue weighted by Crippen LogP contribution is 2.20. The number of aromatic nitrogens is 2. The molecule has 0 radical (unpaired) electrons. The number of benzene rings is 1. The van der Waals surface area contributed by atoms with Gasteiger partial charge in [0.15, 0.2) is 0 Å². The molecule has 0 spiro atoms. The van der Waals surface area contributed by atoms with Crippen molar-refractivity contribution in [2.24, 2.45) is 0 Å². The van der Waals surface area contributed by atoms with Crippen LogP contribution in [0.5, 0.6) is 5.75 Å². The molecule has 110 valence electrons. The van der Waals surface area contributed by atoms with E-state index in [-0.39, 0.29) is 17.3 Å². The van der Waals surface area contributed by atoms with Crippen LogP contribution >= 0.6 is 0 Å². The molecule has 0 aliphatic rings. The Morgan fingerprint density at radius 1 is 1.57 bits per heavy atom. The third-order valence-electron chi connectivity index (χ3n) is 2.92. The van der Waals surface area contributed by atoms with Gasteiger partial charge in [0.05, 0.1) is 4.92 Å². The van der Waals surface area contributed by atoms with Gasteiger partial charge < -0.3 is 10.4 Å². The Balaban J connectivity index is 2.16. The Hall–Kier alpha value is -2.90. The maximum atomic E-state index is 12.2. The summed E-state index contributed by atoms with van der Waals surface area (Å²) < 4.78 is 1.26. The minimum Gasteiger partial charge on any atom is -0.508 e. The fraction of sp³-hybridized carbons (Fsp3) is 0.231. The Bertz CT molecular complexity index is 668. The second kappa shape index (κ2) is 6.04. The molecule has 1 aromatic heterocycles. The Morgan fingerprint density at radius 2 is 2.33 bits per heavy atom. The van der Waals surface area contributed by atoms with Crippen LogP contribution in [0.4, 0.5) is 11.4 Å². The largest absolute Gasteiger partial charge is 0.508 e. The molecule has 1 atom stereocenters. The maximum Gasteiger partial charge on any atom is 0.307 e. The molecule has 1 aromatic carbocycles. The SMILES string of the molecule is CCC(C(=O)Nc1cccc(O)c1)n1cc([N+](=O)[O-])cn1. The summed E-state index contributed by atoms with van der Waals surface area (Å²) in [4.78, 5) is 22.3. The summed E-state index contributed by atoms with van der Waals surface area (Å²) in [7, 11) is 0. The first-order chi connectivity index (χ1) is 10.0. The lowest BCUT2D eigenvalue weighted by molar-refractivity contribution is -0.385. The van der Waals surface area contributed by atoms with Crippen molar-refractivity contribution in [3.8, 4) is 5.75 Å².